The number of benzene rings is 2. The molecule has 0 saturated carbocycles. The van der Waals surface area contributed by atoms with Gasteiger partial charge < -0.3 is 10.1 Å². The van der Waals surface area contributed by atoms with Crippen LogP contribution in [0, 0.1) is 5.92 Å². The highest BCUT2D eigenvalue weighted by molar-refractivity contribution is 5.92. The highest BCUT2D eigenvalue weighted by atomic mass is 16.5. The molecule has 1 amide bonds. The van der Waals surface area contributed by atoms with Crippen molar-refractivity contribution in [2.45, 2.75) is 13.3 Å². The highest BCUT2D eigenvalue weighted by Crippen LogP contribution is 2.18. The average Bonchev–Trinajstić information content (AvgIpc) is 2.48. The lowest BCUT2D eigenvalue weighted by Crippen LogP contribution is -2.22. The number of hydrogen-bond donors (Lipinski definition) is 1. The molecule has 0 aliphatic rings. The van der Waals surface area contributed by atoms with Crippen molar-refractivity contribution in [2.75, 3.05) is 12.4 Å². The minimum absolute atomic E-state index is 0.0158. The molecule has 0 spiro atoms. The molecule has 0 heterocycles. The summed E-state index contributed by atoms with van der Waals surface area (Å²) < 4.78 is 5.14. The Kier molecular flexibility index (Phi) is 4.77. The van der Waals surface area contributed by atoms with Crippen LogP contribution >= 0.6 is 0 Å². The van der Waals surface area contributed by atoms with Crippen LogP contribution in [-0.2, 0) is 11.2 Å². The third kappa shape index (κ3) is 3.85. The van der Waals surface area contributed by atoms with E-state index in [0.717, 1.165) is 17.9 Å². The number of rotatable bonds is 5. The summed E-state index contributed by atoms with van der Waals surface area (Å²) in [5, 5.41) is 2.92. The number of anilines is 1. The fourth-order valence-corrected chi connectivity index (χ4v) is 2.03. The van der Waals surface area contributed by atoms with E-state index in [1.54, 1.807) is 7.11 Å². The number of hydrogen-bond acceptors (Lipinski definition) is 2. The van der Waals surface area contributed by atoms with Crippen LogP contribution in [0.5, 0.6) is 5.75 Å². The number of ether oxygens (including phenoxy) is 1. The number of carbonyl (C=O) groups is 1. The first-order valence-corrected chi connectivity index (χ1v) is 6.68. The Labute approximate surface area is 119 Å². The van der Waals surface area contributed by atoms with Gasteiger partial charge in [0.15, 0.2) is 0 Å². The fraction of sp³-hybridized carbons (Fsp3) is 0.235. The maximum absolute atomic E-state index is 12.2. The zero-order valence-corrected chi connectivity index (χ0v) is 11.8. The van der Waals surface area contributed by atoms with Crippen LogP contribution in [0.25, 0.3) is 0 Å². The van der Waals surface area contributed by atoms with Crippen molar-refractivity contribution in [2.24, 2.45) is 5.92 Å². The number of methoxy groups -OCH3 is 1. The molecule has 0 unspecified atom stereocenters. The molecule has 20 heavy (non-hydrogen) atoms. The maximum Gasteiger partial charge on any atom is 0.227 e. The highest BCUT2D eigenvalue weighted by Gasteiger charge is 2.13. The Morgan fingerprint density at radius 3 is 2.60 bits per heavy atom. The predicted octanol–water partition coefficient (Wildman–Crippen LogP) is 3.51. The van der Waals surface area contributed by atoms with Crippen molar-refractivity contribution in [3.8, 4) is 5.75 Å². The van der Waals surface area contributed by atoms with Crippen molar-refractivity contribution in [3.63, 3.8) is 0 Å². The SMILES string of the molecule is COc1cccc(NC(=O)[C@@H](C)Cc2ccccc2)c1. The standard InChI is InChI=1S/C17H19NO2/c1-13(11-14-7-4-3-5-8-14)17(19)18-15-9-6-10-16(12-15)20-2/h3-10,12-13H,11H2,1-2H3,(H,18,19)/t13-/m0/s1. The van der Waals surface area contributed by atoms with Crippen molar-refractivity contribution in [1.29, 1.82) is 0 Å². The van der Waals surface area contributed by atoms with Gasteiger partial charge in [-0.2, -0.15) is 0 Å². The molecule has 1 atom stereocenters. The average molecular weight is 269 g/mol. The van der Waals surface area contributed by atoms with Crippen LogP contribution in [0.2, 0.25) is 0 Å². The summed E-state index contributed by atoms with van der Waals surface area (Å²) in [4.78, 5) is 12.2. The summed E-state index contributed by atoms with van der Waals surface area (Å²) in [5.74, 6) is 0.671. The van der Waals surface area contributed by atoms with Crippen LogP contribution in [0.4, 0.5) is 5.69 Å². The van der Waals surface area contributed by atoms with E-state index in [0.29, 0.717) is 0 Å². The zero-order valence-electron chi connectivity index (χ0n) is 11.8. The summed E-state index contributed by atoms with van der Waals surface area (Å²) in [5.41, 5.74) is 1.93. The summed E-state index contributed by atoms with van der Waals surface area (Å²) in [6.45, 7) is 1.93. The van der Waals surface area contributed by atoms with Gasteiger partial charge in [-0.3, -0.25) is 4.79 Å². The lowest BCUT2D eigenvalue weighted by atomic mass is 10.0. The maximum atomic E-state index is 12.2. The van der Waals surface area contributed by atoms with Gasteiger partial charge in [-0.25, -0.2) is 0 Å². The molecule has 104 valence electrons. The van der Waals surface area contributed by atoms with Crippen molar-refractivity contribution in [3.05, 3.63) is 60.2 Å². The Balaban J connectivity index is 1.97. The lowest BCUT2D eigenvalue weighted by molar-refractivity contribution is -0.119. The Morgan fingerprint density at radius 1 is 1.15 bits per heavy atom. The molecular formula is C17H19NO2. The largest absolute Gasteiger partial charge is 0.497 e. The van der Waals surface area contributed by atoms with Crippen LogP contribution in [0.3, 0.4) is 0 Å². The molecule has 2 rings (SSSR count). The molecule has 3 heteroatoms. The summed E-state index contributed by atoms with van der Waals surface area (Å²) >= 11 is 0. The summed E-state index contributed by atoms with van der Waals surface area (Å²) in [7, 11) is 1.61. The molecule has 1 N–H and O–H groups in total. The van der Waals surface area contributed by atoms with E-state index >= 15 is 0 Å². The second-order valence-electron chi connectivity index (χ2n) is 4.81. The number of amides is 1. The van der Waals surface area contributed by atoms with E-state index in [-0.39, 0.29) is 11.8 Å². The van der Waals surface area contributed by atoms with Gasteiger partial charge in [0.2, 0.25) is 5.91 Å². The van der Waals surface area contributed by atoms with E-state index in [9.17, 15) is 4.79 Å². The van der Waals surface area contributed by atoms with Gasteiger partial charge in [0.05, 0.1) is 7.11 Å². The van der Waals surface area contributed by atoms with E-state index in [2.05, 4.69) is 5.32 Å². The molecule has 2 aromatic rings. The van der Waals surface area contributed by atoms with E-state index in [1.165, 1.54) is 5.56 Å². The second kappa shape index (κ2) is 6.75. The Hall–Kier alpha value is -2.29. The third-order valence-electron chi connectivity index (χ3n) is 3.17. The summed E-state index contributed by atoms with van der Waals surface area (Å²) in [6, 6.07) is 17.4. The molecule has 3 nitrogen and oxygen atoms in total. The smallest absolute Gasteiger partial charge is 0.227 e. The molecule has 0 saturated heterocycles. The first-order chi connectivity index (χ1) is 9.69. The fourth-order valence-electron chi connectivity index (χ4n) is 2.03. The van der Waals surface area contributed by atoms with Gasteiger partial charge in [-0.05, 0) is 24.1 Å². The van der Waals surface area contributed by atoms with Gasteiger partial charge in [-0.15, -0.1) is 0 Å². The molecule has 0 bridgehead atoms. The quantitative estimate of drug-likeness (QED) is 0.902. The zero-order chi connectivity index (χ0) is 14.4. The number of nitrogens with one attached hydrogen (secondary N) is 1. The van der Waals surface area contributed by atoms with Crippen LogP contribution in [0.1, 0.15) is 12.5 Å². The van der Waals surface area contributed by atoms with E-state index in [4.69, 9.17) is 4.74 Å². The molecule has 0 fully saturated rings. The van der Waals surface area contributed by atoms with E-state index in [1.807, 2.05) is 61.5 Å². The van der Waals surface area contributed by atoms with E-state index < -0.39 is 0 Å². The van der Waals surface area contributed by atoms with Crippen LogP contribution in [-0.4, -0.2) is 13.0 Å². The Bertz CT molecular complexity index is 566. The first-order valence-electron chi connectivity index (χ1n) is 6.68. The van der Waals surface area contributed by atoms with Gasteiger partial charge in [0.25, 0.3) is 0 Å². The third-order valence-corrected chi connectivity index (χ3v) is 3.17. The molecule has 0 aromatic heterocycles. The Morgan fingerprint density at radius 2 is 1.90 bits per heavy atom. The second-order valence-corrected chi connectivity index (χ2v) is 4.81. The van der Waals surface area contributed by atoms with Gasteiger partial charge in [-0.1, -0.05) is 43.3 Å². The van der Waals surface area contributed by atoms with Crippen molar-refractivity contribution < 1.29 is 9.53 Å². The monoisotopic (exact) mass is 269 g/mol. The lowest BCUT2D eigenvalue weighted by Gasteiger charge is -2.13. The number of carbonyl (C=O) groups excluding carboxylic acids is 1. The van der Waals surface area contributed by atoms with Crippen LogP contribution in [0.15, 0.2) is 54.6 Å². The van der Waals surface area contributed by atoms with Crippen molar-refractivity contribution in [1.82, 2.24) is 0 Å². The first kappa shape index (κ1) is 14.1. The van der Waals surface area contributed by atoms with Crippen LogP contribution < -0.4 is 10.1 Å². The topological polar surface area (TPSA) is 38.3 Å². The van der Waals surface area contributed by atoms with Gasteiger partial charge in [0, 0.05) is 17.7 Å². The van der Waals surface area contributed by atoms with Gasteiger partial charge >= 0.3 is 0 Å². The summed E-state index contributed by atoms with van der Waals surface area (Å²) in [6.07, 6.45) is 0.733. The predicted molar refractivity (Wildman–Crippen MR) is 80.9 cm³/mol. The molecule has 2 aromatic carbocycles. The molecule has 0 radical (unpaired) electrons. The minimum atomic E-state index is -0.0800. The molecular weight excluding hydrogens is 250 g/mol. The van der Waals surface area contributed by atoms with Gasteiger partial charge in [0.1, 0.15) is 5.75 Å². The van der Waals surface area contributed by atoms with Crippen molar-refractivity contribution >= 4 is 11.6 Å². The normalized spacial score (nSPS) is 11.7. The molecule has 0 aliphatic heterocycles. The minimum Gasteiger partial charge on any atom is -0.497 e. The molecule has 0 aliphatic carbocycles.